The zero-order valence-corrected chi connectivity index (χ0v) is 22.0. The van der Waals surface area contributed by atoms with Crippen LogP contribution < -0.4 is 16.4 Å². The Balaban J connectivity index is 1.57. The van der Waals surface area contributed by atoms with Gasteiger partial charge in [0.1, 0.15) is 6.04 Å². The van der Waals surface area contributed by atoms with Crippen LogP contribution in [0.15, 0.2) is 84.9 Å². The number of ether oxygens (including phenoxy) is 1. The first-order valence-corrected chi connectivity index (χ1v) is 13.4. The van der Waals surface area contributed by atoms with Crippen molar-refractivity contribution in [3.8, 4) is 0 Å². The van der Waals surface area contributed by atoms with Crippen molar-refractivity contribution in [2.45, 2.75) is 44.2 Å². The van der Waals surface area contributed by atoms with Gasteiger partial charge in [-0.05, 0) is 35.6 Å². The monoisotopic (exact) mass is 514 g/mol. The predicted octanol–water partition coefficient (Wildman–Crippen LogP) is 4.14. The molecule has 38 heavy (non-hydrogen) atoms. The number of para-hydroxylation sites is 1. The number of nitrogens with zero attached hydrogens (tertiary/aromatic N) is 1. The lowest BCUT2D eigenvalue weighted by Gasteiger charge is -2.32. The first-order valence-electron chi connectivity index (χ1n) is 13.4. The molecular weight excluding hydrogens is 476 g/mol. The van der Waals surface area contributed by atoms with Gasteiger partial charge in [0, 0.05) is 37.2 Å². The van der Waals surface area contributed by atoms with Crippen molar-refractivity contribution in [2.75, 3.05) is 32.0 Å². The Kier molecular flexibility index (Phi) is 9.76. The smallest absolute Gasteiger partial charge is 0.318 e. The molecular formula is C31H38N4O3. The van der Waals surface area contributed by atoms with Gasteiger partial charge in [-0.25, -0.2) is 4.79 Å². The van der Waals surface area contributed by atoms with Crippen molar-refractivity contribution in [3.05, 3.63) is 102 Å². The Hall–Kier alpha value is -3.84. The fourth-order valence-electron chi connectivity index (χ4n) is 5.02. The van der Waals surface area contributed by atoms with E-state index in [1.54, 1.807) is 4.90 Å². The van der Waals surface area contributed by atoms with Gasteiger partial charge in [-0.2, -0.15) is 0 Å². The Morgan fingerprint density at radius 3 is 2.03 bits per heavy atom. The zero-order valence-electron chi connectivity index (χ0n) is 22.0. The van der Waals surface area contributed by atoms with E-state index in [4.69, 9.17) is 10.5 Å². The molecule has 3 atom stereocenters. The van der Waals surface area contributed by atoms with Crippen molar-refractivity contribution >= 4 is 17.6 Å². The van der Waals surface area contributed by atoms with Gasteiger partial charge >= 0.3 is 6.03 Å². The third-order valence-electron chi connectivity index (χ3n) is 7.14. The summed E-state index contributed by atoms with van der Waals surface area (Å²) in [6.07, 6.45) is 1.85. The molecule has 1 saturated heterocycles. The van der Waals surface area contributed by atoms with Crippen molar-refractivity contribution in [1.29, 1.82) is 0 Å². The van der Waals surface area contributed by atoms with Crippen molar-refractivity contribution in [3.63, 3.8) is 0 Å². The second-order valence-electron chi connectivity index (χ2n) is 9.74. The summed E-state index contributed by atoms with van der Waals surface area (Å²) in [5.41, 5.74) is 10.3. The molecule has 4 N–H and O–H groups in total. The third-order valence-corrected chi connectivity index (χ3v) is 7.14. The molecule has 0 aliphatic carbocycles. The highest BCUT2D eigenvalue weighted by molar-refractivity contribution is 5.87. The lowest BCUT2D eigenvalue weighted by molar-refractivity contribution is -0.123. The van der Waals surface area contributed by atoms with E-state index in [0.29, 0.717) is 44.8 Å². The van der Waals surface area contributed by atoms with Gasteiger partial charge in [0.2, 0.25) is 5.91 Å². The van der Waals surface area contributed by atoms with Crippen LogP contribution in [0.25, 0.3) is 0 Å². The van der Waals surface area contributed by atoms with E-state index in [2.05, 4.69) is 29.7 Å². The summed E-state index contributed by atoms with van der Waals surface area (Å²) in [6, 6.07) is 26.7. The first-order chi connectivity index (χ1) is 18.5. The quantitative estimate of drug-likeness (QED) is 0.354. The van der Waals surface area contributed by atoms with Crippen LogP contribution in [-0.2, 0) is 22.4 Å². The van der Waals surface area contributed by atoms with Gasteiger partial charge in [0.25, 0.3) is 0 Å². The number of urea groups is 1. The highest BCUT2D eigenvalue weighted by atomic mass is 16.5. The van der Waals surface area contributed by atoms with Crippen molar-refractivity contribution in [1.82, 2.24) is 15.5 Å². The molecule has 200 valence electrons. The molecule has 3 amide bonds. The van der Waals surface area contributed by atoms with Gasteiger partial charge in [0.05, 0.1) is 13.2 Å². The van der Waals surface area contributed by atoms with Crippen LogP contribution in [0.4, 0.5) is 10.5 Å². The number of benzene rings is 3. The van der Waals surface area contributed by atoms with E-state index in [0.717, 1.165) is 17.5 Å². The minimum atomic E-state index is -0.715. The summed E-state index contributed by atoms with van der Waals surface area (Å²) < 4.78 is 5.38. The summed E-state index contributed by atoms with van der Waals surface area (Å²) in [5.74, 6) is -0.227. The zero-order chi connectivity index (χ0) is 26.7. The highest BCUT2D eigenvalue weighted by Crippen LogP contribution is 2.30. The molecule has 0 radical (unpaired) electrons. The normalized spacial score (nSPS) is 15.8. The van der Waals surface area contributed by atoms with Crippen LogP contribution in [0, 0.1) is 0 Å². The summed E-state index contributed by atoms with van der Waals surface area (Å²) >= 11 is 0. The van der Waals surface area contributed by atoms with Gasteiger partial charge in [0.15, 0.2) is 0 Å². The molecule has 7 nitrogen and oxygen atoms in total. The summed E-state index contributed by atoms with van der Waals surface area (Å²) in [5, 5.41) is 6.29. The lowest BCUT2D eigenvalue weighted by Crippen LogP contribution is -2.56. The van der Waals surface area contributed by atoms with E-state index in [-0.39, 0.29) is 23.9 Å². The Morgan fingerprint density at radius 2 is 1.42 bits per heavy atom. The number of rotatable bonds is 10. The topological polar surface area (TPSA) is 96.7 Å². The molecule has 4 rings (SSSR count). The average Bonchev–Trinajstić information content (AvgIpc) is 2.96. The van der Waals surface area contributed by atoms with Crippen molar-refractivity contribution in [2.24, 2.45) is 0 Å². The van der Waals surface area contributed by atoms with Crippen LogP contribution in [0.1, 0.15) is 36.0 Å². The number of hydrogen-bond acceptors (Lipinski definition) is 4. The van der Waals surface area contributed by atoms with Gasteiger partial charge < -0.3 is 26.0 Å². The molecule has 0 bridgehead atoms. The van der Waals surface area contributed by atoms with E-state index in [1.807, 2.05) is 72.8 Å². The summed E-state index contributed by atoms with van der Waals surface area (Å²) in [4.78, 5) is 28.6. The number of nitrogens with one attached hydrogen (secondary N) is 2. The van der Waals surface area contributed by atoms with E-state index in [9.17, 15) is 9.59 Å². The second-order valence-corrected chi connectivity index (χ2v) is 9.74. The molecule has 3 unspecified atom stereocenters. The fraction of sp³-hybridized carbons (Fsp3) is 0.355. The number of morpholine rings is 1. The lowest BCUT2D eigenvalue weighted by atomic mass is 9.83. The number of amides is 3. The second kappa shape index (κ2) is 13.6. The maximum atomic E-state index is 13.8. The van der Waals surface area contributed by atoms with Crippen LogP contribution in [-0.4, -0.2) is 55.2 Å². The van der Waals surface area contributed by atoms with Crippen molar-refractivity contribution < 1.29 is 14.3 Å². The molecule has 1 fully saturated rings. The Labute approximate surface area is 225 Å². The van der Waals surface area contributed by atoms with Crippen LogP contribution >= 0.6 is 0 Å². The largest absolute Gasteiger partial charge is 0.398 e. The molecule has 1 aliphatic heterocycles. The Morgan fingerprint density at radius 1 is 0.842 bits per heavy atom. The number of nitrogen functional groups attached to an aromatic ring is 1. The number of carbonyl (C=O) groups excluding carboxylic acids is 2. The molecule has 7 heteroatoms. The molecule has 0 saturated carbocycles. The van der Waals surface area contributed by atoms with E-state index in [1.165, 1.54) is 5.56 Å². The average molecular weight is 515 g/mol. The molecule has 3 aromatic rings. The number of anilines is 1. The Bertz CT molecular complexity index is 1170. The molecule has 0 aromatic heterocycles. The molecule has 1 aliphatic rings. The highest BCUT2D eigenvalue weighted by Gasteiger charge is 2.30. The van der Waals surface area contributed by atoms with Gasteiger partial charge in [-0.1, -0.05) is 85.8 Å². The SMILES string of the molecule is CCC(NC(=O)C(Cc1ccccc1)NC(=O)N1CCOCC1)C(Cc1ccccc1)c1ccccc1N. The van der Waals surface area contributed by atoms with Gasteiger partial charge in [-0.3, -0.25) is 4.79 Å². The molecule has 1 heterocycles. The standard InChI is InChI=1S/C31H38N4O3/c1-2-28(26(21-23-11-5-3-6-12-23)25-15-9-10-16-27(25)32)33-30(36)29(22-24-13-7-4-8-14-24)34-31(37)35-17-19-38-20-18-35/h3-16,26,28-29H,2,17-22,32H2,1H3,(H,33,36)(H,34,37). The number of hydrogen-bond donors (Lipinski definition) is 3. The van der Waals surface area contributed by atoms with Crippen LogP contribution in [0.3, 0.4) is 0 Å². The van der Waals surface area contributed by atoms with Crippen LogP contribution in [0.5, 0.6) is 0 Å². The van der Waals surface area contributed by atoms with E-state index >= 15 is 0 Å². The summed E-state index contributed by atoms with van der Waals surface area (Å²) in [7, 11) is 0. The minimum Gasteiger partial charge on any atom is -0.398 e. The number of nitrogens with two attached hydrogens (primary N) is 1. The number of carbonyl (C=O) groups is 2. The summed E-state index contributed by atoms with van der Waals surface area (Å²) in [6.45, 7) is 4.09. The van der Waals surface area contributed by atoms with Gasteiger partial charge in [-0.15, -0.1) is 0 Å². The van der Waals surface area contributed by atoms with Crippen LogP contribution in [0.2, 0.25) is 0 Å². The maximum Gasteiger partial charge on any atom is 0.318 e. The minimum absolute atomic E-state index is 0.0279. The molecule has 3 aromatic carbocycles. The van der Waals surface area contributed by atoms with E-state index < -0.39 is 6.04 Å². The first kappa shape index (κ1) is 27.2. The maximum absolute atomic E-state index is 13.8. The third kappa shape index (κ3) is 7.35. The fourth-order valence-corrected chi connectivity index (χ4v) is 5.02. The predicted molar refractivity (Wildman–Crippen MR) is 151 cm³/mol. The molecule has 0 spiro atoms.